The first-order valence-electron chi connectivity index (χ1n) is 10.4. The van der Waals surface area contributed by atoms with E-state index in [-0.39, 0.29) is 5.41 Å². The van der Waals surface area contributed by atoms with Crippen LogP contribution in [0, 0.1) is 11.3 Å². The van der Waals surface area contributed by atoms with Gasteiger partial charge < -0.3 is 5.32 Å². The van der Waals surface area contributed by atoms with Crippen molar-refractivity contribution in [1.29, 1.82) is 0 Å². The van der Waals surface area contributed by atoms with Crippen molar-refractivity contribution in [3.63, 3.8) is 0 Å². The van der Waals surface area contributed by atoms with Gasteiger partial charge in [-0.3, -0.25) is 0 Å². The summed E-state index contributed by atoms with van der Waals surface area (Å²) in [7, 11) is 0. The van der Waals surface area contributed by atoms with Crippen LogP contribution in [0.2, 0.25) is 0 Å². The van der Waals surface area contributed by atoms with Gasteiger partial charge in [0.05, 0.1) is 0 Å². The van der Waals surface area contributed by atoms with Crippen LogP contribution in [0.25, 0.3) is 0 Å². The van der Waals surface area contributed by atoms with Gasteiger partial charge in [0, 0.05) is 17.2 Å². The van der Waals surface area contributed by atoms with Crippen molar-refractivity contribution in [3.8, 4) is 0 Å². The van der Waals surface area contributed by atoms with Crippen LogP contribution in [0.5, 0.6) is 0 Å². The van der Waals surface area contributed by atoms with Gasteiger partial charge in [-0.05, 0) is 31.6 Å². The second-order valence-electron chi connectivity index (χ2n) is 8.17. The first-order chi connectivity index (χ1) is 10.9. The van der Waals surface area contributed by atoms with Gasteiger partial charge in [-0.2, -0.15) is 0 Å². The zero-order valence-electron chi connectivity index (χ0n) is 17.1. The Kier molecular flexibility index (Phi) is 12.6. The molecule has 0 saturated carbocycles. The van der Waals surface area contributed by atoms with Crippen molar-refractivity contribution >= 4 is 0 Å². The lowest BCUT2D eigenvalue weighted by molar-refractivity contribution is 0.294. The Labute approximate surface area is 147 Å². The molecule has 0 amide bonds. The molecule has 0 fully saturated rings. The lowest BCUT2D eigenvalue weighted by Gasteiger charge is -2.35. The largest absolute Gasteiger partial charge is 0.386 e. The Bertz CT molecular complexity index is 294. The van der Waals surface area contributed by atoms with Gasteiger partial charge in [-0.25, -0.2) is 0 Å². The fourth-order valence-electron chi connectivity index (χ4n) is 3.34. The predicted molar refractivity (Wildman–Crippen MR) is 107 cm³/mol. The molecule has 138 valence electrons. The number of unbranched alkanes of at least 4 members (excludes halogenated alkanes) is 5. The average molecular weight is 324 g/mol. The van der Waals surface area contributed by atoms with E-state index < -0.39 is 0 Å². The molecule has 0 aliphatic carbocycles. The van der Waals surface area contributed by atoms with E-state index >= 15 is 0 Å². The Morgan fingerprint density at radius 1 is 0.957 bits per heavy atom. The van der Waals surface area contributed by atoms with E-state index in [9.17, 15) is 0 Å². The minimum absolute atomic E-state index is 0.257. The van der Waals surface area contributed by atoms with Gasteiger partial charge in [0.25, 0.3) is 0 Å². The molecule has 0 spiro atoms. The molecule has 0 aromatic heterocycles. The summed E-state index contributed by atoms with van der Waals surface area (Å²) in [6.07, 6.45) is 14.4. The first-order valence-corrected chi connectivity index (χ1v) is 10.4. The summed E-state index contributed by atoms with van der Waals surface area (Å²) >= 11 is 0. The van der Waals surface area contributed by atoms with E-state index in [2.05, 4.69) is 53.4 Å². The lowest BCUT2D eigenvalue weighted by Crippen LogP contribution is -2.36. The number of allylic oxidation sites excluding steroid dienone is 1. The van der Waals surface area contributed by atoms with Crippen LogP contribution in [0.15, 0.2) is 12.3 Å². The van der Waals surface area contributed by atoms with Gasteiger partial charge in [-0.15, -0.1) is 0 Å². The van der Waals surface area contributed by atoms with Crippen molar-refractivity contribution in [3.05, 3.63) is 12.3 Å². The molecule has 0 saturated heterocycles. The zero-order chi connectivity index (χ0) is 17.7. The highest BCUT2D eigenvalue weighted by Gasteiger charge is 2.26. The summed E-state index contributed by atoms with van der Waals surface area (Å²) in [6, 6.07) is 0.608. The predicted octanol–water partition coefficient (Wildman–Crippen LogP) is 7.47. The summed E-state index contributed by atoms with van der Waals surface area (Å²) < 4.78 is 0. The summed E-state index contributed by atoms with van der Waals surface area (Å²) in [4.78, 5) is 0. The van der Waals surface area contributed by atoms with Crippen LogP contribution in [0.4, 0.5) is 0 Å². The first kappa shape index (κ1) is 22.5. The van der Waals surface area contributed by atoms with Crippen molar-refractivity contribution in [1.82, 2.24) is 5.32 Å². The Morgan fingerprint density at radius 3 is 2.09 bits per heavy atom. The summed E-state index contributed by atoms with van der Waals surface area (Å²) in [6.45, 7) is 18.4. The molecule has 0 bridgehead atoms. The van der Waals surface area contributed by atoms with Crippen LogP contribution in [-0.2, 0) is 0 Å². The highest BCUT2D eigenvalue weighted by molar-refractivity contribution is 5.07. The summed E-state index contributed by atoms with van der Waals surface area (Å²) in [5, 5.41) is 3.85. The van der Waals surface area contributed by atoms with Crippen molar-refractivity contribution in [2.24, 2.45) is 11.3 Å². The van der Waals surface area contributed by atoms with Crippen LogP contribution < -0.4 is 5.32 Å². The van der Waals surface area contributed by atoms with Crippen LogP contribution in [-0.4, -0.2) is 6.04 Å². The second kappa shape index (κ2) is 12.9. The number of hydrogen-bond donors (Lipinski definition) is 1. The normalized spacial score (nSPS) is 15.4. The van der Waals surface area contributed by atoms with Crippen LogP contribution >= 0.6 is 0 Å². The molecule has 0 aromatic carbocycles. The quantitative estimate of drug-likeness (QED) is 0.308. The van der Waals surface area contributed by atoms with E-state index in [1.165, 1.54) is 76.3 Å². The minimum Gasteiger partial charge on any atom is -0.386 e. The third-order valence-corrected chi connectivity index (χ3v) is 5.38. The van der Waals surface area contributed by atoms with Gasteiger partial charge in [-0.1, -0.05) is 93.1 Å². The Balaban J connectivity index is 4.51. The minimum atomic E-state index is 0.257. The SMILES string of the molecule is C=C(NC(CCCCCCC)CC(C)C)C(C)(CC)CCCC. The molecule has 1 nitrogen and oxygen atoms in total. The van der Waals surface area contributed by atoms with Gasteiger partial charge in [0.2, 0.25) is 0 Å². The van der Waals surface area contributed by atoms with Gasteiger partial charge >= 0.3 is 0 Å². The Morgan fingerprint density at radius 2 is 1.57 bits per heavy atom. The molecule has 0 rings (SSSR count). The van der Waals surface area contributed by atoms with Crippen molar-refractivity contribution < 1.29 is 0 Å². The molecular weight excluding hydrogens is 278 g/mol. The van der Waals surface area contributed by atoms with Gasteiger partial charge in [0.15, 0.2) is 0 Å². The molecule has 23 heavy (non-hydrogen) atoms. The van der Waals surface area contributed by atoms with E-state index in [4.69, 9.17) is 0 Å². The summed E-state index contributed by atoms with van der Waals surface area (Å²) in [5.74, 6) is 0.750. The van der Waals surface area contributed by atoms with E-state index in [0.717, 1.165) is 5.92 Å². The molecular formula is C22H45N. The topological polar surface area (TPSA) is 12.0 Å². The van der Waals surface area contributed by atoms with E-state index in [1.54, 1.807) is 0 Å². The number of hydrogen-bond acceptors (Lipinski definition) is 1. The molecule has 0 aliphatic heterocycles. The molecule has 0 radical (unpaired) electrons. The van der Waals surface area contributed by atoms with E-state index in [1.807, 2.05) is 0 Å². The molecule has 1 heteroatoms. The summed E-state index contributed by atoms with van der Waals surface area (Å²) in [5.41, 5.74) is 1.54. The molecule has 0 aromatic rings. The third-order valence-electron chi connectivity index (χ3n) is 5.38. The molecule has 2 unspecified atom stereocenters. The standard InChI is InChI=1S/C22H45N/c1-8-11-13-14-15-16-21(18-19(4)5)23-20(6)22(7,10-3)17-12-9-2/h19,21,23H,6,8-18H2,1-5,7H3. The fraction of sp³-hybridized carbons (Fsp3) is 0.909. The van der Waals surface area contributed by atoms with Crippen LogP contribution in [0.3, 0.4) is 0 Å². The van der Waals surface area contributed by atoms with Crippen molar-refractivity contribution in [2.75, 3.05) is 0 Å². The third kappa shape index (κ3) is 10.1. The highest BCUT2D eigenvalue weighted by Crippen LogP contribution is 2.34. The second-order valence-corrected chi connectivity index (χ2v) is 8.17. The number of nitrogens with one attached hydrogen (secondary N) is 1. The average Bonchev–Trinajstić information content (AvgIpc) is 2.51. The smallest absolute Gasteiger partial charge is 0.0260 e. The number of rotatable bonds is 15. The molecule has 0 aliphatic rings. The lowest BCUT2D eigenvalue weighted by atomic mass is 9.79. The molecule has 0 heterocycles. The fourth-order valence-corrected chi connectivity index (χ4v) is 3.34. The maximum atomic E-state index is 4.44. The van der Waals surface area contributed by atoms with Gasteiger partial charge in [0.1, 0.15) is 0 Å². The highest BCUT2D eigenvalue weighted by atomic mass is 14.9. The Hall–Kier alpha value is -0.460. The monoisotopic (exact) mass is 323 g/mol. The van der Waals surface area contributed by atoms with E-state index in [0.29, 0.717) is 6.04 Å². The molecule has 2 atom stereocenters. The maximum absolute atomic E-state index is 4.44. The zero-order valence-corrected chi connectivity index (χ0v) is 17.1. The van der Waals surface area contributed by atoms with Crippen LogP contribution in [0.1, 0.15) is 112 Å². The van der Waals surface area contributed by atoms with Crippen molar-refractivity contribution in [2.45, 2.75) is 118 Å². The maximum Gasteiger partial charge on any atom is 0.0260 e. The molecule has 1 N–H and O–H groups in total.